The molecule has 0 radical (unpaired) electrons. The summed E-state index contributed by atoms with van der Waals surface area (Å²) in [5, 5.41) is 28.7. The van der Waals surface area contributed by atoms with Crippen LogP contribution in [0.4, 0.5) is 0 Å². The summed E-state index contributed by atoms with van der Waals surface area (Å²) in [5.74, 6) is 0.983. The molecule has 10 nitrogen and oxygen atoms in total. The van der Waals surface area contributed by atoms with Crippen molar-refractivity contribution in [3.05, 3.63) is 66.0 Å². The third kappa shape index (κ3) is 7.58. The third-order valence-corrected chi connectivity index (χ3v) is 10.6. The van der Waals surface area contributed by atoms with E-state index in [2.05, 4.69) is 38.0 Å². The molecule has 1 heterocycles. The van der Waals surface area contributed by atoms with E-state index in [1.807, 2.05) is 31.1 Å². The fourth-order valence-corrected chi connectivity index (χ4v) is 7.74. The zero-order valence-electron chi connectivity index (χ0n) is 28.5. The monoisotopic (exact) mass is 638 g/mol. The molecule has 4 N–H and O–H groups in total. The van der Waals surface area contributed by atoms with Crippen LogP contribution in [0, 0.1) is 29.1 Å². The van der Waals surface area contributed by atoms with Crippen LogP contribution < -0.4 is 10.6 Å². The first kappa shape index (κ1) is 35.8. The quantitative estimate of drug-likeness (QED) is 0.181. The molecular formula is C36H54N4O6. The second-order valence-electron chi connectivity index (χ2n) is 14.0. The fraction of sp³-hybridized carbons (Fsp3) is 0.611. The summed E-state index contributed by atoms with van der Waals surface area (Å²) in [6.45, 7) is 13.5. The Kier molecular flexibility index (Phi) is 11.9. The molecule has 1 saturated heterocycles. The van der Waals surface area contributed by atoms with Gasteiger partial charge in [-0.2, -0.15) is 5.06 Å². The van der Waals surface area contributed by atoms with Crippen LogP contribution in [0.5, 0.6) is 0 Å². The van der Waals surface area contributed by atoms with Crippen molar-refractivity contribution in [2.45, 2.75) is 64.8 Å². The van der Waals surface area contributed by atoms with Crippen LogP contribution in [-0.4, -0.2) is 104 Å². The Balaban J connectivity index is 1.55. The van der Waals surface area contributed by atoms with Gasteiger partial charge in [-0.3, -0.25) is 14.4 Å². The molecular weight excluding hydrogens is 584 g/mol. The van der Waals surface area contributed by atoms with Gasteiger partial charge >= 0.3 is 0 Å². The predicted octanol–water partition coefficient (Wildman–Crippen LogP) is 3.24. The van der Waals surface area contributed by atoms with Gasteiger partial charge in [0, 0.05) is 42.7 Å². The number of allylic oxidation sites excluding steroid dienone is 3. The molecule has 2 amide bonds. The van der Waals surface area contributed by atoms with Crippen molar-refractivity contribution in [2.24, 2.45) is 29.1 Å². The molecule has 10 heteroatoms. The van der Waals surface area contributed by atoms with E-state index in [1.165, 1.54) is 6.42 Å². The Morgan fingerprint density at radius 3 is 2.57 bits per heavy atom. The van der Waals surface area contributed by atoms with Crippen molar-refractivity contribution in [1.29, 1.82) is 0 Å². The number of amides is 2. The van der Waals surface area contributed by atoms with E-state index < -0.39 is 24.2 Å². The number of nitrogens with zero attached hydrogens (tertiary/aromatic N) is 2. The molecule has 3 aliphatic carbocycles. The van der Waals surface area contributed by atoms with Crippen LogP contribution in [0.3, 0.4) is 0 Å². The normalized spacial score (nSPS) is 30.0. The standard InChI is InChI=1S/C36H54N4O6/c1-9-11-27(24-12-10-13-25(18-24)34(43)37-15-17-39(6)7)30(45-8)14-16-40-33(32(23(3)42)31(21-41)46-40)35(44)38-29-20-26-19-28(22(29)2)36(26,4)5/h9-14,18,22-23,26,28-29,31-33,41-42H,1,15-17,19-21H2,2-8H3,(H,37,43)(H,38,44)/b27-11-,30-14-/t22-,23-,26+,28-,29-,31-,32+,33-/m0/s1. The maximum absolute atomic E-state index is 14.0. The lowest BCUT2D eigenvalue weighted by Gasteiger charge is -2.62. The van der Waals surface area contributed by atoms with E-state index in [-0.39, 0.29) is 31.0 Å². The van der Waals surface area contributed by atoms with Gasteiger partial charge in [-0.1, -0.05) is 51.6 Å². The molecule has 2 bridgehead atoms. The summed E-state index contributed by atoms with van der Waals surface area (Å²) in [6, 6.07) is 6.52. The number of fused-ring (bicyclic) bond motifs is 2. The highest BCUT2D eigenvalue weighted by Crippen LogP contribution is 2.61. The first-order chi connectivity index (χ1) is 21.8. The maximum Gasteiger partial charge on any atom is 0.251 e. The number of rotatable bonds is 14. The molecule has 5 rings (SSSR count). The fourth-order valence-electron chi connectivity index (χ4n) is 7.74. The molecule has 3 saturated carbocycles. The molecule has 1 aromatic rings. The Bertz CT molecular complexity index is 1310. The predicted molar refractivity (Wildman–Crippen MR) is 179 cm³/mol. The van der Waals surface area contributed by atoms with Gasteiger partial charge < -0.3 is 30.5 Å². The zero-order chi connectivity index (χ0) is 33.8. The first-order valence-corrected chi connectivity index (χ1v) is 16.5. The number of aliphatic hydroxyl groups excluding tert-OH is 2. The lowest BCUT2D eigenvalue weighted by Crippen LogP contribution is -2.62. The number of carbonyl (C=O) groups is 2. The molecule has 0 spiro atoms. The van der Waals surface area contributed by atoms with Crippen LogP contribution in [0.25, 0.3) is 5.57 Å². The summed E-state index contributed by atoms with van der Waals surface area (Å²) in [7, 11) is 5.46. The molecule has 4 aliphatic rings. The number of benzene rings is 1. The van der Waals surface area contributed by atoms with Crippen molar-refractivity contribution < 1.29 is 29.4 Å². The van der Waals surface area contributed by atoms with E-state index >= 15 is 0 Å². The Morgan fingerprint density at radius 1 is 1.26 bits per heavy atom. The molecule has 1 aromatic carbocycles. The summed E-state index contributed by atoms with van der Waals surface area (Å²) >= 11 is 0. The van der Waals surface area contributed by atoms with Crippen molar-refractivity contribution >= 4 is 17.4 Å². The first-order valence-electron chi connectivity index (χ1n) is 16.5. The highest BCUT2D eigenvalue weighted by atomic mass is 16.7. The number of carbonyl (C=O) groups excluding carboxylic acids is 2. The van der Waals surface area contributed by atoms with Gasteiger partial charge in [0.15, 0.2) is 0 Å². The minimum atomic E-state index is -0.886. The lowest BCUT2D eigenvalue weighted by molar-refractivity contribution is -0.172. The summed E-state index contributed by atoms with van der Waals surface area (Å²) in [5.41, 5.74) is 2.27. The van der Waals surface area contributed by atoms with Gasteiger partial charge in [0.2, 0.25) is 5.91 Å². The van der Waals surface area contributed by atoms with Crippen LogP contribution in [-0.2, 0) is 14.4 Å². The van der Waals surface area contributed by atoms with Gasteiger partial charge in [-0.25, -0.2) is 0 Å². The number of nitrogens with one attached hydrogen (secondary N) is 2. The Labute approximate surface area is 274 Å². The van der Waals surface area contributed by atoms with Gasteiger partial charge in [-0.15, -0.1) is 0 Å². The molecule has 4 fully saturated rings. The zero-order valence-corrected chi connectivity index (χ0v) is 28.5. The average Bonchev–Trinajstić information content (AvgIpc) is 3.40. The van der Waals surface area contributed by atoms with Crippen molar-refractivity contribution in [3.8, 4) is 0 Å². The molecule has 1 aliphatic heterocycles. The van der Waals surface area contributed by atoms with Crippen molar-refractivity contribution in [2.75, 3.05) is 47.4 Å². The number of hydrogen-bond acceptors (Lipinski definition) is 8. The van der Waals surface area contributed by atoms with E-state index in [0.29, 0.717) is 46.6 Å². The van der Waals surface area contributed by atoms with Crippen LogP contribution in [0.1, 0.15) is 56.5 Å². The number of hydroxylamine groups is 2. The minimum absolute atomic E-state index is 0.0496. The Hall–Kier alpha value is -3.02. The number of likely N-dealkylation sites (N-methyl/N-ethyl adjacent to an activating group) is 1. The Morgan fingerprint density at radius 2 is 1.98 bits per heavy atom. The molecule has 46 heavy (non-hydrogen) atoms. The average molecular weight is 639 g/mol. The number of ether oxygens (including phenoxy) is 1. The molecule has 0 aromatic heterocycles. The largest absolute Gasteiger partial charge is 0.496 e. The second-order valence-corrected chi connectivity index (χ2v) is 14.0. The van der Waals surface area contributed by atoms with Gasteiger partial charge in [0.25, 0.3) is 5.91 Å². The van der Waals surface area contributed by atoms with Crippen molar-refractivity contribution in [1.82, 2.24) is 20.6 Å². The van der Waals surface area contributed by atoms with E-state index in [4.69, 9.17) is 9.57 Å². The van der Waals surface area contributed by atoms with Crippen LogP contribution >= 0.6 is 0 Å². The van der Waals surface area contributed by atoms with Gasteiger partial charge in [-0.05, 0) is 80.8 Å². The summed E-state index contributed by atoms with van der Waals surface area (Å²) in [6.07, 6.45) is 5.77. The number of hydrogen-bond donors (Lipinski definition) is 4. The molecule has 0 unspecified atom stereocenters. The highest BCUT2D eigenvalue weighted by Gasteiger charge is 2.57. The third-order valence-electron chi connectivity index (χ3n) is 10.6. The van der Waals surface area contributed by atoms with Crippen molar-refractivity contribution in [3.63, 3.8) is 0 Å². The summed E-state index contributed by atoms with van der Waals surface area (Å²) in [4.78, 5) is 34.9. The van der Waals surface area contributed by atoms with E-state index in [1.54, 1.807) is 49.5 Å². The minimum Gasteiger partial charge on any atom is -0.496 e. The second kappa shape index (κ2) is 15.3. The molecule has 8 atom stereocenters. The summed E-state index contributed by atoms with van der Waals surface area (Å²) < 4.78 is 5.82. The van der Waals surface area contributed by atoms with E-state index in [0.717, 1.165) is 18.5 Å². The van der Waals surface area contributed by atoms with Gasteiger partial charge in [0.1, 0.15) is 17.9 Å². The maximum atomic E-state index is 14.0. The number of methoxy groups -OCH3 is 1. The lowest BCUT2D eigenvalue weighted by atomic mass is 9.45. The van der Waals surface area contributed by atoms with Gasteiger partial charge in [0.05, 0.1) is 19.8 Å². The SMILES string of the molecule is C=C/C=C(\C(=C\CN1O[C@@H](CO)[C@@H]([C@H](C)O)[C@H]1C(=O)N[C@H]1C[C@H]2C[C@@H]([C@@H]1C)C2(C)C)OC)c1cccc(C(=O)NCCN(C)C)c1. The molecule has 254 valence electrons. The van der Waals surface area contributed by atoms with E-state index in [9.17, 15) is 19.8 Å². The smallest absolute Gasteiger partial charge is 0.251 e. The van der Waals surface area contributed by atoms with Crippen LogP contribution in [0.15, 0.2) is 54.8 Å². The highest BCUT2D eigenvalue weighted by molar-refractivity contribution is 5.95. The topological polar surface area (TPSA) is 124 Å². The van der Waals surface area contributed by atoms with Crippen LogP contribution in [0.2, 0.25) is 0 Å². The number of aliphatic hydroxyl groups is 2.